The summed E-state index contributed by atoms with van der Waals surface area (Å²) >= 11 is 0. The predicted octanol–water partition coefficient (Wildman–Crippen LogP) is 4.73. The Bertz CT molecular complexity index is 1270. The van der Waals surface area contributed by atoms with E-state index in [4.69, 9.17) is 9.47 Å². The number of anilines is 1. The van der Waals surface area contributed by atoms with Gasteiger partial charge in [0, 0.05) is 30.8 Å². The zero-order valence-corrected chi connectivity index (χ0v) is 20.8. The van der Waals surface area contributed by atoms with Crippen molar-refractivity contribution in [2.75, 3.05) is 32.6 Å². The van der Waals surface area contributed by atoms with Gasteiger partial charge in [0.25, 0.3) is 0 Å². The Morgan fingerprint density at radius 3 is 2.23 bits per heavy atom. The van der Waals surface area contributed by atoms with E-state index in [1.807, 2.05) is 42.5 Å². The molecule has 0 spiro atoms. The van der Waals surface area contributed by atoms with E-state index in [2.05, 4.69) is 5.32 Å². The molecule has 7 nitrogen and oxygen atoms in total. The van der Waals surface area contributed by atoms with Crippen LogP contribution in [0.1, 0.15) is 24.8 Å². The Morgan fingerprint density at radius 2 is 1.60 bits per heavy atom. The fourth-order valence-electron chi connectivity index (χ4n) is 4.17. The van der Waals surface area contributed by atoms with Crippen LogP contribution in [-0.4, -0.2) is 45.9 Å². The third-order valence-corrected chi connectivity index (χ3v) is 8.06. The Morgan fingerprint density at radius 1 is 0.914 bits per heavy atom. The molecule has 0 unspecified atom stereocenters. The lowest BCUT2D eigenvalue weighted by atomic mass is 10.0. The lowest BCUT2D eigenvalue weighted by molar-refractivity contribution is -0.116. The van der Waals surface area contributed by atoms with E-state index in [-0.39, 0.29) is 12.3 Å². The smallest absolute Gasteiger partial charge is 0.243 e. The number of methoxy groups -OCH3 is 2. The van der Waals surface area contributed by atoms with Crippen LogP contribution >= 0.6 is 0 Å². The van der Waals surface area contributed by atoms with Crippen LogP contribution in [0.25, 0.3) is 11.1 Å². The Labute approximate surface area is 206 Å². The Kier molecular flexibility index (Phi) is 7.73. The number of carbonyl (C=O) groups excluding carboxylic acids is 1. The summed E-state index contributed by atoms with van der Waals surface area (Å²) in [6, 6.07) is 20.0. The number of amides is 1. The number of rotatable bonds is 9. The molecule has 35 heavy (non-hydrogen) atoms. The number of benzene rings is 3. The molecule has 1 amide bonds. The second-order valence-corrected chi connectivity index (χ2v) is 10.4. The molecule has 4 rings (SSSR count). The SMILES string of the molecule is COc1ccc(-c2cc(NC(=O)CCc3ccc(S(=O)(=O)N4CCCC4)cc3)ccc2OC)cc1. The molecule has 184 valence electrons. The first-order valence-electron chi connectivity index (χ1n) is 11.6. The first-order valence-corrected chi connectivity index (χ1v) is 13.1. The Balaban J connectivity index is 1.38. The fourth-order valence-corrected chi connectivity index (χ4v) is 5.69. The van der Waals surface area contributed by atoms with Gasteiger partial charge in [-0.25, -0.2) is 8.42 Å². The summed E-state index contributed by atoms with van der Waals surface area (Å²) in [5.74, 6) is 1.35. The third kappa shape index (κ3) is 5.83. The normalized spacial score (nSPS) is 14.0. The van der Waals surface area contributed by atoms with Gasteiger partial charge in [0.05, 0.1) is 19.1 Å². The van der Waals surface area contributed by atoms with Crippen molar-refractivity contribution in [3.8, 4) is 22.6 Å². The molecule has 8 heteroatoms. The molecule has 0 radical (unpaired) electrons. The minimum atomic E-state index is -3.43. The van der Waals surface area contributed by atoms with Gasteiger partial charge in [0.1, 0.15) is 11.5 Å². The first kappa shape index (κ1) is 24.8. The van der Waals surface area contributed by atoms with Crippen molar-refractivity contribution in [3.05, 3.63) is 72.3 Å². The zero-order chi connectivity index (χ0) is 24.8. The number of aryl methyl sites for hydroxylation is 1. The zero-order valence-electron chi connectivity index (χ0n) is 20.0. The van der Waals surface area contributed by atoms with Crippen LogP contribution < -0.4 is 14.8 Å². The molecule has 0 atom stereocenters. The van der Waals surface area contributed by atoms with Gasteiger partial charge in [0.2, 0.25) is 15.9 Å². The lowest BCUT2D eigenvalue weighted by Crippen LogP contribution is -2.27. The standard InChI is InChI=1S/C27H30N2O5S/c1-33-23-11-8-21(9-12-23)25-19-22(10-15-26(25)34-2)28-27(30)16-7-20-5-13-24(14-6-20)35(31,32)29-17-3-4-18-29/h5-6,8-15,19H,3-4,7,16-18H2,1-2H3,(H,28,30). The molecular formula is C27H30N2O5S. The van der Waals surface area contributed by atoms with Gasteiger partial charge in [-0.3, -0.25) is 4.79 Å². The van der Waals surface area contributed by atoms with E-state index in [9.17, 15) is 13.2 Å². The van der Waals surface area contributed by atoms with Crippen molar-refractivity contribution in [1.82, 2.24) is 4.31 Å². The van der Waals surface area contributed by atoms with Crippen LogP contribution in [0.4, 0.5) is 5.69 Å². The number of sulfonamides is 1. The summed E-state index contributed by atoms with van der Waals surface area (Å²) in [5.41, 5.74) is 3.40. The van der Waals surface area contributed by atoms with Gasteiger partial charge in [-0.1, -0.05) is 24.3 Å². The van der Waals surface area contributed by atoms with Crippen LogP contribution in [0.2, 0.25) is 0 Å². The number of carbonyl (C=O) groups is 1. The molecule has 1 aliphatic rings. The van der Waals surface area contributed by atoms with Crippen LogP contribution in [0.5, 0.6) is 11.5 Å². The average Bonchev–Trinajstić information content (AvgIpc) is 3.44. The molecule has 1 N–H and O–H groups in total. The van der Waals surface area contributed by atoms with Gasteiger partial charge in [-0.05, 0) is 72.9 Å². The molecule has 0 aromatic heterocycles. The first-order chi connectivity index (χ1) is 16.9. The highest BCUT2D eigenvalue weighted by Gasteiger charge is 2.26. The average molecular weight is 495 g/mol. The number of nitrogens with one attached hydrogen (secondary N) is 1. The fraction of sp³-hybridized carbons (Fsp3) is 0.296. The minimum absolute atomic E-state index is 0.121. The quantitative estimate of drug-likeness (QED) is 0.465. The van der Waals surface area contributed by atoms with E-state index in [1.165, 1.54) is 4.31 Å². The molecule has 0 saturated carbocycles. The third-order valence-electron chi connectivity index (χ3n) is 6.15. The maximum atomic E-state index is 12.7. The highest BCUT2D eigenvalue weighted by molar-refractivity contribution is 7.89. The summed E-state index contributed by atoms with van der Waals surface area (Å²) in [7, 11) is -0.192. The maximum Gasteiger partial charge on any atom is 0.243 e. The van der Waals surface area contributed by atoms with Crippen molar-refractivity contribution in [3.63, 3.8) is 0 Å². The van der Waals surface area contributed by atoms with E-state index in [0.29, 0.717) is 35.8 Å². The second kappa shape index (κ2) is 10.9. The number of hydrogen-bond acceptors (Lipinski definition) is 5. The van der Waals surface area contributed by atoms with Crippen LogP contribution in [0.3, 0.4) is 0 Å². The van der Waals surface area contributed by atoms with Gasteiger partial charge >= 0.3 is 0 Å². The summed E-state index contributed by atoms with van der Waals surface area (Å²) in [4.78, 5) is 12.9. The van der Waals surface area contributed by atoms with Gasteiger partial charge < -0.3 is 14.8 Å². The predicted molar refractivity (Wildman–Crippen MR) is 136 cm³/mol. The molecule has 0 bridgehead atoms. The molecule has 1 heterocycles. The lowest BCUT2D eigenvalue weighted by Gasteiger charge is -2.15. The van der Waals surface area contributed by atoms with Crippen LogP contribution in [0, 0.1) is 0 Å². The van der Waals surface area contributed by atoms with Crippen LogP contribution in [0.15, 0.2) is 71.6 Å². The second-order valence-electron chi connectivity index (χ2n) is 8.45. The summed E-state index contributed by atoms with van der Waals surface area (Å²) < 4.78 is 37.6. The number of hydrogen-bond donors (Lipinski definition) is 1. The Hall–Kier alpha value is -3.36. The molecule has 1 saturated heterocycles. The van der Waals surface area contributed by atoms with E-state index < -0.39 is 10.0 Å². The molecular weight excluding hydrogens is 464 g/mol. The largest absolute Gasteiger partial charge is 0.497 e. The highest BCUT2D eigenvalue weighted by Crippen LogP contribution is 2.33. The summed E-state index contributed by atoms with van der Waals surface area (Å²) in [6.45, 7) is 1.16. The molecule has 1 aliphatic heterocycles. The molecule has 3 aromatic rings. The molecule has 3 aromatic carbocycles. The van der Waals surface area contributed by atoms with Crippen molar-refractivity contribution < 1.29 is 22.7 Å². The van der Waals surface area contributed by atoms with Crippen molar-refractivity contribution in [2.45, 2.75) is 30.6 Å². The minimum Gasteiger partial charge on any atom is -0.497 e. The van der Waals surface area contributed by atoms with Gasteiger partial charge in [0.15, 0.2) is 0 Å². The number of ether oxygens (including phenoxy) is 2. The summed E-state index contributed by atoms with van der Waals surface area (Å²) in [5, 5.41) is 2.95. The van der Waals surface area contributed by atoms with E-state index in [1.54, 1.807) is 38.5 Å². The van der Waals surface area contributed by atoms with E-state index in [0.717, 1.165) is 35.3 Å². The summed E-state index contributed by atoms with van der Waals surface area (Å²) in [6.07, 6.45) is 2.60. The number of nitrogens with zero attached hydrogens (tertiary/aromatic N) is 1. The highest BCUT2D eigenvalue weighted by atomic mass is 32.2. The van der Waals surface area contributed by atoms with E-state index >= 15 is 0 Å². The molecule has 1 fully saturated rings. The molecule has 0 aliphatic carbocycles. The topological polar surface area (TPSA) is 84.9 Å². The maximum absolute atomic E-state index is 12.7. The van der Waals surface area contributed by atoms with Crippen molar-refractivity contribution in [2.24, 2.45) is 0 Å². The monoisotopic (exact) mass is 494 g/mol. The van der Waals surface area contributed by atoms with Crippen molar-refractivity contribution in [1.29, 1.82) is 0 Å². The van der Waals surface area contributed by atoms with Crippen LogP contribution in [-0.2, 0) is 21.2 Å². The van der Waals surface area contributed by atoms with Gasteiger partial charge in [-0.2, -0.15) is 4.31 Å². The van der Waals surface area contributed by atoms with Gasteiger partial charge in [-0.15, -0.1) is 0 Å². The van der Waals surface area contributed by atoms with Crippen molar-refractivity contribution >= 4 is 21.6 Å².